The molecule has 0 aliphatic carbocycles. The maximum Gasteiger partial charge on any atom is 0.252 e. The van der Waals surface area contributed by atoms with Gasteiger partial charge in [0, 0.05) is 19.4 Å². The van der Waals surface area contributed by atoms with Gasteiger partial charge < -0.3 is 38.3 Å². The maximum atomic E-state index is 14.9. The molecule has 288 valence electrons. The molecule has 0 radical (unpaired) electrons. The molecule has 5 atom stereocenters. The number of imide groups is 1. The molecule has 6 amide bonds. The van der Waals surface area contributed by atoms with Gasteiger partial charge in [-0.05, 0) is 56.6 Å². The summed E-state index contributed by atoms with van der Waals surface area (Å²) in [6.45, 7) is 4.20. The number of hydrogen-bond donors (Lipinski definition) is 7. The van der Waals surface area contributed by atoms with Gasteiger partial charge in [-0.15, -0.1) is 0 Å². The molecule has 52 heavy (non-hydrogen) atoms. The molecular formula is C35H54N8O9. The van der Waals surface area contributed by atoms with Gasteiger partial charge in [0.05, 0.1) is 13.0 Å². The molecule has 0 aromatic heterocycles. The van der Waals surface area contributed by atoms with Gasteiger partial charge in [0.1, 0.15) is 23.8 Å². The minimum Gasteiger partial charge on any atom is -0.394 e. The van der Waals surface area contributed by atoms with Crippen molar-refractivity contribution in [2.75, 3.05) is 19.7 Å². The zero-order chi connectivity index (χ0) is 39.2. The third-order valence-electron chi connectivity index (χ3n) is 9.26. The number of hydrogen-bond acceptors (Lipinski definition) is 12. The summed E-state index contributed by atoms with van der Waals surface area (Å²) in [5.41, 5.74) is 20.1. The van der Waals surface area contributed by atoms with Gasteiger partial charge >= 0.3 is 0 Å². The summed E-state index contributed by atoms with van der Waals surface area (Å²) in [4.78, 5) is 109. The lowest BCUT2D eigenvalue weighted by Gasteiger charge is -2.45. The fourth-order valence-electron chi connectivity index (χ4n) is 6.18. The van der Waals surface area contributed by atoms with Crippen LogP contribution in [0, 0.1) is 5.92 Å². The summed E-state index contributed by atoms with van der Waals surface area (Å²) < 4.78 is 0. The van der Waals surface area contributed by atoms with Crippen LogP contribution in [0.5, 0.6) is 0 Å². The van der Waals surface area contributed by atoms with Crippen LogP contribution >= 0.6 is 0 Å². The highest BCUT2D eigenvalue weighted by atomic mass is 16.3. The van der Waals surface area contributed by atoms with E-state index in [9.17, 15) is 43.5 Å². The van der Waals surface area contributed by atoms with Crippen molar-refractivity contribution in [1.82, 2.24) is 20.4 Å². The van der Waals surface area contributed by atoms with Crippen LogP contribution < -0.4 is 33.6 Å². The van der Waals surface area contributed by atoms with Gasteiger partial charge in [0.15, 0.2) is 17.6 Å². The summed E-state index contributed by atoms with van der Waals surface area (Å²) >= 11 is 0. The Hall–Kier alpha value is -4.58. The summed E-state index contributed by atoms with van der Waals surface area (Å²) in [7, 11) is 0. The monoisotopic (exact) mass is 730 g/mol. The van der Waals surface area contributed by atoms with E-state index < -0.39 is 102 Å². The number of Topliss-reactive ketones (excluding diaryl/α,β-unsaturated/α-hetero) is 1. The Morgan fingerprint density at radius 3 is 2.21 bits per heavy atom. The fourth-order valence-corrected chi connectivity index (χ4v) is 6.18. The van der Waals surface area contributed by atoms with E-state index in [1.54, 1.807) is 20.8 Å². The zero-order valence-corrected chi connectivity index (χ0v) is 30.2. The van der Waals surface area contributed by atoms with E-state index in [0.717, 1.165) is 10.5 Å². The highest BCUT2D eigenvalue weighted by Crippen LogP contribution is 2.32. The normalized spacial score (nSPS) is 18.4. The fraction of sp³-hybridized carbons (Fsp3) is 0.600. The molecule has 17 heteroatoms. The van der Waals surface area contributed by atoms with Crippen molar-refractivity contribution in [1.29, 1.82) is 0 Å². The van der Waals surface area contributed by atoms with Crippen LogP contribution in [0.4, 0.5) is 0 Å². The van der Waals surface area contributed by atoms with Crippen molar-refractivity contribution < 1.29 is 43.5 Å². The predicted molar refractivity (Wildman–Crippen MR) is 189 cm³/mol. The van der Waals surface area contributed by atoms with Crippen molar-refractivity contribution in [2.45, 2.75) is 108 Å². The molecule has 1 saturated heterocycles. The molecule has 0 unspecified atom stereocenters. The molecule has 11 N–H and O–H groups in total. The Bertz CT molecular complexity index is 1450. The molecule has 0 bridgehead atoms. The van der Waals surface area contributed by atoms with E-state index in [0.29, 0.717) is 24.0 Å². The number of ketones is 1. The third-order valence-corrected chi connectivity index (χ3v) is 9.26. The summed E-state index contributed by atoms with van der Waals surface area (Å²) in [5.74, 6) is -7.64. The smallest absolute Gasteiger partial charge is 0.252 e. The highest BCUT2D eigenvalue weighted by Gasteiger charge is 2.57. The molecule has 1 aromatic rings. The topological polar surface area (TPSA) is 291 Å². The molecule has 1 fully saturated rings. The number of aldehydes is 1. The molecule has 0 saturated carbocycles. The van der Waals surface area contributed by atoms with E-state index in [-0.39, 0.29) is 38.8 Å². The number of amides is 6. The lowest BCUT2D eigenvalue weighted by Crippen LogP contribution is -2.72. The average Bonchev–Trinajstić information content (AvgIpc) is 3.61. The van der Waals surface area contributed by atoms with E-state index >= 15 is 0 Å². The number of rotatable bonds is 22. The quantitative estimate of drug-likeness (QED) is 0.0392. The molecule has 1 aliphatic rings. The largest absolute Gasteiger partial charge is 0.394 e. The second-order valence-electron chi connectivity index (χ2n) is 13.4. The Morgan fingerprint density at radius 1 is 1.06 bits per heavy atom. The number of nitrogens with zero attached hydrogens (tertiary/aromatic N) is 2. The SMILES string of the molecule is CCCC(=O)N(C(=O)[C@H](CCC(N)=O)NC(=O)[C@@H](N)CO)[C@@H](CC(N)=O)C(=O)[C@@]1(C(=O)N(CCCc2ccccc2)[C@](N)(C=O)C(C)C)CCCN1. The van der Waals surface area contributed by atoms with E-state index in [1.165, 1.54) is 0 Å². The molecule has 1 aromatic carbocycles. The molecule has 1 aliphatic heterocycles. The Morgan fingerprint density at radius 2 is 1.71 bits per heavy atom. The van der Waals surface area contributed by atoms with Gasteiger partial charge in [-0.25, -0.2) is 0 Å². The minimum atomic E-state index is -2.16. The van der Waals surface area contributed by atoms with Crippen LogP contribution in [-0.2, 0) is 44.8 Å². The van der Waals surface area contributed by atoms with Crippen LogP contribution in [0.3, 0.4) is 0 Å². The van der Waals surface area contributed by atoms with Gasteiger partial charge in [0.2, 0.25) is 23.6 Å². The zero-order valence-electron chi connectivity index (χ0n) is 30.2. The third kappa shape index (κ3) is 10.7. The van der Waals surface area contributed by atoms with Gasteiger partial charge in [0.25, 0.3) is 11.8 Å². The molecular weight excluding hydrogens is 676 g/mol. The standard InChI is InChI=1S/C35H54N8O9/c1-4-10-29(48)43(32(51)25(14-15-27(37)46)41-31(50)24(36)20-44)26(19-28(38)47)30(49)34(16-9-17-40-34)33(52)42(35(39,21-45)22(2)3)18-8-13-23-11-6-5-7-12-23/h5-7,11-12,21-22,24-26,40,44H,4,8-10,13-20,36,39H2,1-3H3,(H2,37,46)(H2,38,47)(H,41,50)/t24-,25-,26-,34+,35+/m0/s1. The number of aliphatic hydroxyl groups excluding tert-OH is 1. The number of nitrogens with one attached hydrogen (secondary N) is 2. The molecule has 0 spiro atoms. The van der Waals surface area contributed by atoms with Crippen LogP contribution in [-0.4, -0.2) is 111 Å². The van der Waals surface area contributed by atoms with Crippen molar-refractivity contribution >= 4 is 47.5 Å². The number of nitrogens with two attached hydrogens (primary N) is 4. The summed E-state index contributed by atoms with van der Waals surface area (Å²) in [6.07, 6.45) is -0.461. The average molecular weight is 731 g/mol. The summed E-state index contributed by atoms with van der Waals surface area (Å²) in [6, 6.07) is 4.25. The predicted octanol–water partition coefficient (Wildman–Crippen LogP) is -1.88. The van der Waals surface area contributed by atoms with E-state index in [2.05, 4.69) is 10.6 Å². The van der Waals surface area contributed by atoms with E-state index in [4.69, 9.17) is 22.9 Å². The van der Waals surface area contributed by atoms with Gasteiger partial charge in [-0.1, -0.05) is 51.1 Å². The van der Waals surface area contributed by atoms with Crippen LogP contribution in [0.2, 0.25) is 0 Å². The lowest BCUT2D eigenvalue weighted by atomic mass is 9.82. The lowest BCUT2D eigenvalue weighted by molar-refractivity contribution is -0.161. The first-order chi connectivity index (χ1) is 24.5. The van der Waals surface area contributed by atoms with Crippen molar-refractivity contribution in [3.05, 3.63) is 35.9 Å². The molecule has 17 nitrogen and oxygen atoms in total. The van der Waals surface area contributed by atoms with Gasteiger partial charge in [-0.3, -0.25) is 48.6 Å². The van der Waals surface area contributed by atoms with Crippen molar-refractivity contribution in [2.24, 2.45) is 28.9 Å². The number of aryl methyl sites for hydroxylation is 1. The van der Waals surface area contributed by atoms with Crippen LogP contribution in [0.15, 0.2) is 30.3 Å². The first-order valence-electron chi connectivity index (χ1n) is 17.5. The second-order valence-corrected chi connectivity index (χ2v) is 13.4. The number of aliphatic hydroxyl groups is 1. The van der Waals surface area contributed by atoms with Crippen molar-refractivity contribution in [3.8, 4) is 0 Å². The molecule has 1 heterocycles. The minimum absolute atomic E-state index is 0.0535. The Kier molecular flexibility index (Phi) is 16.7. The van der Waals surface area contributed by atoms with Crippen molar-refractivity contribution in [3.63, 3.8) is 0 Å². The number of carbonyl (C=O) groups excluding carboxylic acids is 8. The van der Waals surface area contributed by atoms with Crippen LogP contribution in [0.1, 0.15) is 77.7 Å². The number of primary amides is 2. The Balaban J connectivity index is 2.73. The first kappa shape index (κ1) is 43.6. The Labute approximate surface area is 303 Å². The first-order valence-corrected chi connectivity index (χ1v) is 17.5. The van der Waals surface area contributed by atoms with E-state index in [1.807, 2.05) is 30.3 Å². The number of carbonyl (C=O) groups is 8. The number of benzene rings is 1. The summed E-state index contributed by atoms with van der Waals surface area (Å²) in [5, 5.41) is 14.6. The molecule has 2 rings (SSSR count). The van der Waals surface area contributed by atoms with Crippen LogP contribution in [0.25, 0.3) is 0 Å². The second kappa shape index (κ2) is 19.9. The van der Waals surface area contributed by atoms with Gasteiger partial charge in [-0.2, -0.15) is 0 Å². The maximum absolute atomic E-state index is 14.9. The highest BCUT2D eigenvalue weighted by molar-refractivity contribution is 6.17.